The van der Waals surface area contributed by atoms with Gasteiger partial charge < -0.3 is 5.32 Å². The first-order chi connectivity index (χ1) is 14.5. The summed E-state index contributed by atoms with van der Waals surface area (Å²) in [5.41, 5.74) is 5.51. The first kappa shape index (κ1) is 20.3. The lowest BCUT2D eigenvalue weighted by Gasteiger charge is -2.18. The zero-order valence-electron chi connectivity index (χ0n) is 17.0. The fourth-order valence-corrected chi connectivity index (χ4v) is 3.96. The second kappa shape index (κ2) is 8.80. The number of benzene rings is 3. The predicted molar refractivity (Wildman–Crippen MR) is 127 cm³/mol. The van der Waals surface area contributed by atoms with Gasteiger partial charge in [-0.05, 0) is 43.2 Å². The zero-order chi connectivity index (χ0) is 21.1. The van der Waals surface area contributed by atoms with E-state index in [1.165, 1.54) is 5.56 Å². The molecule has 0 radical (unpaired) electrons. The van der Waals surface area contributed by atoms with E-state index in [4.69, 9.17) is 4.98 Å². The van der Waals surface area contributed by atoms with E-state index in [0.717, 1.165) is 38.6 Å². The smallest absolute Gasteiger partial charge is 0.252 e. The Morgan fingerprint density at radius 2 is 1.73 bits per heavy atom. The van der Waals surface area contributed by atoms with E-state index in [9.17, 15) is 4.79 Å². The Morgan fingerprint density at radius 1 is 1.00 bits per heavy atom. The Bertz CT molecular complexity index is 1190. The summed E-state index contributed by atoms with van der Waals surface area (Å²) in [5, 5.41) is 4.05. The van der Waals surface area contributed by atoms with Crippen LogP contribution in [0.2, 0.25) is 0 Å². The molecule has 0 unspecified atom stereocenters. The van der Waals surface area contributed by atoms with E-state index in [1.54, 1.807) is 0 Å². The summed E-state index contributed by atoms with van der Waals surface area (Å²) in [6.45, 7) is 4.14. The summed E-state index contributed by atoms with van der Waals surface area (Å²) in [4.78, 5) is 18.2. The van der Waals surface area contributed by atoms with Crippen molar-refractivity contribution in [1.82, 2.24) is 10.3 Å². The number of hydrogen-bond donors (Lipinski definition) is 1. The van der Waals surface area contributed by atoms with Crippen LogP contribution in [0.3, 0.4) is 0 Å². The van der Waals surface area contributed by atoms with Crippen LogP contribution in [0.15, 0.2) is 83.3 Å². The van der Waals surface area contributed by atoms with Gasteiger partial charge in [-0.2, -0.15) is 0 Å². The van der Waals surface area contributed by atoms with Gasteiger partial charge in [-0.25, -0.2) is 4.98 Å². The van der Waals surface area contributed by atoms with Gasteiger partial charge in [0.25, 0.3) is 5.91 Å². The van der Waals surface area contributed by atoms with Crippen molar-refractivity contribution in [2.24, 2.45) is 0 Å². The molecule has 30 heavy (non-hydrogen) atoms. The minimum Gasteiger partial charge on any atom is -0.345 e. The molecular formula is C26H23BrN2O. The number of rotatable bonds is 5. The van der Waals surface area contributed by atoms with Crippen molar-refractivity contribution in [2.45, 2.75) is 26.3 Å². The monoisotopic (exact) mass is 458 g/mol. The van der Waals surface area contributed by atoms with E-state index in [-0.39, 0.29) is 11.9 Å². The van der Waals surface area contributed by atoms with Crippen molar-refractivity contribution in [3.8, 4) is 11.3 Å². The summed E-state index contributed by atoms with van der Waals surface area (Å²) in [5.74, 6) is -0.0930. The highest BCUT2D eigenvalue weighted by Gasteiger charge is 2.18. The van der Waals surface area contributed by atoms with E-state index in [2.05, 4.69) is 47.2 Å². The largest absolute Gasteiger partial charge is 0.345 e. The number of aryl methyl sites for hydroxylation is 1. The average molecular weight is 459 g/mol. The summed E-state index contributed by atoms with van der Waals surface area (Å²) >= 11 is 3.53. The van der Waals surface area contributed by atoms with Crippen LogP contribution < -0.4 is 5.32 Å². The zero-order valence-corrected chi connectivity index (χ0v) is 18.6. The molecule has 0 saturated carbocycles. The molecule has 0 aliphatic carbocycles. The van der Waals surface area contributed by atoms with Crippen LogP contribution in [-0.2, 0) is 0 Å². The molecule has 4 heteroatoms. The van der Waals surface area contributed by atoms with Crippen molar-refractivity contribution < 1.29 is 4.79 Å². The summed E-state index contributed by atoms with van der Waals surface area (Å²) in [7, 11) is 0. The highest BCUT2D eigenvalue weighted by atomic mass is 79.9. The van der Waals surface area contributed by atoms with Crippen molar-refractivity contribution in [2.75, 3.05) is 0 Å². The van der Waals surface area contributed by atoms with Gasteiger partial charge in [-0.1, -0.05) is 83.0 Å². The van der Waals surface area contributed by atoms with Crippen LogP contribution in [0.1, 0.15) is 40.9 Å². The fraction of sp³-hybridized carbons (Fsp3) is 0.154. The van der Waals surface area contributed by atoms with Gasteiger partial charge in [0, 0.05) is 15.4 Å². The molecule has 0 saturated heterocycles. The quantitative estimate of drug-likeness (QED) is 0.355. The summed E-state index contributed by atoms with van der Waals surface area (Å²) in [6.07, 6.45) is 0.813. The average Bonchev–Trinajstić information content (AvgIpc) is 2.77. The van der Waals surface area contributed by atoms with Gasteiger partial charge in [0.2, 0.25) is 0 Å². The first-order valence-corrected chi connectivity index (χ1v) is 10.9. The number of halogens is 1. The summed E-state index contributed by atoms with van der Waals surface area (Å²) in [6, 6.07) is 26.0. The Balaban J connectivity index is 1.78. The van der Waals surface area contributed by atoms with Gasteiger partial charge in [0.05, 0.1) is 22.8 Å². The highest BCUT2D eigenvalue weighted by Crippen LogP contribution is 2.28. The first-order valence-electron chi connectivity index (χ1n) is 10.1. The second-order valence-electron chi connectivity index (χ2n) is 7.43. The normalized spacial score (nSPS) is 12.0. The van der Waals surface area contributed by atoms with Gasteiger partial charge in [0.15, 0.2) is 0 Å². The third kappa shape index (κ3) is 4.29. The van der Waals surface area contributed by atoms with E-state index in [0.29, 0.717) is 5.56 Å². The molecule has 4 rings (SSSR count). The van der Waals surface area contributed by atoms with Gasteiger partial charge in [0.1, 0.15) is 0 Å². The Hall–Kier alpha value is -2.98. The van der Waals surface area contributed by atoms with Crippen LogP contribution in [0.25, 0.3) is 22.2 Å². The van der Waals surface area contributed by atoms with Crippen LogP contribution >= 0.6 is 15.9 Å². The third-order valence-corrected chi connectivity index (χ3v) is 5.77. The maximum atomic E-state index is 13.4. The lowest BCUT2D eigenvalue weighted by molar-refractivity contribution is 0.0937. The number of amides is 1. The molecule has 1 aromatic heterocycles. The van der Waals surface area contributed by atoms with E-state index in [1.807, 2.05) is 66.7 Å². The molecule has 1 atom stereocenters. The van der Waals surface area contributed by atoms with Crippen LogP contribution in [0, 0.1) is 6.92 Å². The second-order valence-corrected chi connectivity index (χ2v) is 8.34. The van der Waals surface area contributed by atoms with Gasteiger partial charge in [-0.15, -0.1) is 0 Å². The maximum Gasteiger partial charge on any atom is 0.252 e. The molecule has 0 aliphatic heterocycles. The Labute approximate surface area is 185 Å². The molecule has 0 bridgehead atoms. The number of nitrogens with one attached hydrogen (secondary N) is 1. The molecular weight excluding hydrogens is 436 g/mol. The number of pyridine rings is 1. The number of fused-ring (bicyclic) bond motifs is 1. The molecule has 0 aliphatic rings. The minimum atomic E-state index is -0.0930. The molecule has 1 heterocycles. The standard InChI is InChI=1S/C26H23BrN2O/c1-3-23(18-7-5-4-6-8-18)29-26(30)22-16-25(19-11-9-17(2)10-12-19)28-24-14-13-20(27)15-21(22)24/h4-16,23H,3H2,1-2H3,(H,29,30)/t23-/m1/s1. The van der Waals surface area contributed by atoms with E-state index < -0.39 is 0 Å². The minimum absolute atomic E-state index is 0.0445. The molecule has 1 amide bonds. The predicted octanol–water partition coefficient (Wildman–Crippen LogP) is 6.85. The fourth-order valence-electron chi connectivity index (χ4n) is 3.60. The molecule has 0 fully saturated rings. The SMILES string of the molecule is CC[C@@H](NC(=O)c1cc(-c2ccc(C)cc2)nc2ccc(Br)cc12)c1ccccc1. The van der Waals surface area contributed by atoms with Crippen molar-refractivity contribution >= 4 is 32.7 Å². The molecule has 3 nitrogen and oxygen atoms in total. The third-order valence-electron chi connectivity index (χ3n) is 5.28. The lowest BCUT2D eigenvalue weighted by atomic mass is 10.0. The maximum absolute atomic E-state index is 13.4. The van der Waals surface area contributed by atoms with Crippen LogP contribution in [0.5, 0.6) is 0 Å². The Morgan fingerprint density at radius 3 is 2.43 bits per heavy atom. The molecule has 4 aromatic rings. The molecule has 150 valence electrons. The molecule has 1 N–H and O–H groups in total. The number of aromatic nitrogens is 1. The molecule has 0 spiro atoms. The highest BCUT2D eigenvalue weighted by molar-refractivity contribution is 9.10. The van der Waals surface area contributed by atoms with Crippen molar-refractivity contribution in [3.05, 3.63) is 100 Å². The van der Waals surface area contributed by atoms with E-state index >= 15 is 0 Å². The van der Waals surface area contributed by atoms with Gasteiger partial charge >= 0.3 is 0 Å². The van der Waals surface area contributed by atoms with Crippen molar-refractivity contribution in [1.29, 1.82) is 0 Å². The number of hydrogen-bond acceptors (Lipinski definition) is 2. The number of nitrogens with zero attached hydrogens (tertiary/aromatic N) is 1. The van der Waals surface area contributed by atoms with Crippen molar-refractivity contribution in [3.63, 3.8) is 0 Å². The Kier molecular flexibility index (Phi) is 5.96. The molecule has 3 aromatic carbocycles. The van der Waals surface area contributed by atoms with Crippen LogP contribution in [-0.4, -0.2) is 10.9 Å². The summed E-state index contributed by atoms with van der Waals surface area (Å²) < 4.78 is 0.920. The number of carbonyl (C=O) groups excluding carboxylic acids is 1. The van der Waals surface area contributed by atoms with Gasteiger partial charge in [-0.3, -0.25) is 4.79 Å². The topological polar surface area (TPSA) is 42.0 Å². The number of carbonyl (C=O) groups is 1. The lowest BCUT2D eigenvalue weighted by Crippen LogP contribution is -2.28. The van der Waals surface area contributed by atoms with Crippen LogP contribution in [0.4, 0.5) is 0 Å².